The van der Waals surface area contributed by atoms with E-state index in [1.54, 1.807) is 0 Å². The molecule has 0 saturated carbocycles. The van der Waals surface area contributed by atoms with Crippen molar-refractivity contribution < 1.29 is 4.42 Å². The van der Waals surface area contributed by atoms with Gasteiger partial charge in [-0.3, -0.25) is 0 Å². The number of hydrogen-bond donors (Lipinski definition) is 0. The molecule has 114 valence electrons. The van der Waals surface area contributed by atoms with Crippen LogP contribution in [0.15, 0.2) is 83.3 Å². The second-order valence-electron chi connectivity index (χ2n) is 6.34. The van der Waals surface area contributed by atoms with Crippen LogP contribution in [0.3, 0.4) is 0 Å². The van der Waals surface area contributed by atoms with Crippen LogP contribution in [-0.2, 0) is 0 Å². The lowest BCUT2D eigenvalue weighted by Gasteiger charge is -2.06. The minimum absolute atomic E-state index is 0.945. The third kappa shape index (κ3) is 1.95. The lowest BCUT2D eigenvalue weighted by atomic mass is 9.97. The Balaban J connectivity index is 1.79. The highest BCUT2D eigenvalue weighted by Gasteiger charge is 2.10. The molecule has 0 N–H and O–H groups in total. The van der Waals surface area contributed by atoms with Gasteiger partial charge in [0, 0.05) is 10.8 Å². The second kappa shape index (κ2) is 4.97. The number of aryl methyl sites for hydroxylation is 1. The molecular weight excluding hydrogens is 292 g/mol. The Kier molecular flexibility index (Phi) is 2.77. The first-order chi connectivity index (χ1) is 11.8. The average Bonchev–Trinajstić information content (AvgIpc) is 2.97. The fourth-order valence-corrected chi connectivity index (χ4v) is 3.53. The molecular formula is C23H16O. The van der Waals surface area contributed by atoms with E-state index in [1.807, 2.05) is 0 Å². The molecule has 0 atom stereocenters. The molecule has 0 bridgehead atoms. The fraction of sp³-hybridized carbons (Fsp3) is 0.0435. The summed E-state index contributed by atoms with van der Waals surface area (Å²) in [5.74, 6) is 0. The molecule has 1 heterocycles. The Morgan fingerprint density at radius 3 is 2.29 bits per heavy atom. The van der Waals surface area contributed by atoms with Gasteiger partial charge in [-0.05, 0) is 52.6 Å². The number of rotatable bonds is 1. The van der Waals surface area contributed by atoms with Crippen LogP contribution in [0.4, 0.5) is 0 Å². The summed E-state index contributed by atoms with van der Waals surface area (Å²) in [6.45, 7) is 2.09. The maximum absolute atomic E-state index is 6.11. The van der Waals surface area contributed by atoms with E-state index < -0.39 is 0 Å². The first-order valence-electron chi connectivity index (χ1n) is 8.21. The summed E-state index contributed by atoms with van der Waals surface area (Å²) in [7, 11) is 0. The van der Waals surface area contributed by atoms with Crippen molar-refractivity contribution in [1.29, 1.82) is 0 Å². The Bertz CT molecular complexity index is 1210. The molecule has 0 saturated heterocycles. The lowest BCUT2D eigenvalue weighted by molar-refractivity contribution is 0.669. The van der Waals surface area contributed by atoms with Crippen LogP contribution >= 0.6 is 0 Å². The molecule has 0 aliphatic heterocycles. The van der Waals surface area contributed by atoms with Gasteiger partial charge >= 0.3 is 0 Å². The van der Waals surface area contributed by atoms with Gasteiger partial charge in [0.05, 0.1) is 0 Å². The molecule has 0 unspecified atom stereocenters. The van der Waals surface area contributed by atoms with Crippen molar-refractivity contribution in [2.45, 2.75) is 6.92 Å². The minimum atomic E-state index is 0.945. The Morgan fingerprint density at radius 2 is 1.38 bits per heavy atom. The van der Waals surface area contributed by atoms with Crippen molar-refractivity contribution in [3.05, 3.63) is 84.4 Å². The molecule has 5 rings (SSSR count). The first kappa shape index (κ1) is 13.4. The summed E-state index contributed by atoms with van der Waals surface area (Å²) in [6.07, 6.45) is 0. The highest BCUT2D eigenvalue weighted by Crippen LogP contribution is 2.34. The average molecular weight is 308 g/mol. The van der Waals surface area contributed by atoms with Crippen LogP contribution in [0.2, 0.25) is 0 Å². The number of fused-ring (bicyclic) bond motifs is 4. The van der Waals surface area contributed by atoms with Gasteiger partial charge in [0.25, 0.3) is 0 Å². The van der Waals surface area contributed by atoms with E-state index in [0.29, 0.717) is 0 Å². The first-order valence-corrected chi connectivity index (χ1v) is 8.21. The molecule has 5 aromatic rings. The van der Waals surface area contributed by atoms with Gasteiger partial charge in [0.2, 0.25) is 0 Å². The van der Waals surface area contributed by atoms with Crippen LogP contribution in [0, 0.1) is 6.92 Å². The zero-order chi connectivity index (χ0) is 16.1. The second-order valence-corrected chi connectivity index (χ2v) is 6.34. The van der Waals surface area contributed by atoms with Gasteiger partial charge in [0.1, 0.15) is 11.2 Å². The van der Waals surface area contributed by atoms with E-state index in [2.05, 4.69) is 85.8 Å². The van der Waals surface area contributed by atoms with E-state index in [-0.39, 0.29) is 0 Å². The van der Waals surface area contributed by atoms with Crippen molar-refractivity contribution >= 4 is 32.7 Å². The van der Waals surface area contributed by atoms with Crippen LogP contribution in [-0.4, -0.2) is 0 Å². The zero-order valence-electron chi connectivity index (χ0n) is 13.4. The van der Waals surface area contributed by atoms with Gasteiger partial charge < -0.3 is 4.42 Å². The van der Waals surface area contributed by atoms with Crippen molar-refractivity contribution in [3.63, 3.8) is 0 Å². The van der Waals surface area contributed by atoms with Gasteiger partial charge in [-0.15, -0.1) is 0 Å². The summed E-state index contributed by atoms with van der Waals surface area (Å²) < 4.78 is 6.11. The summed E-state index contributed by atoms with van der Waals surface area (Å²) in [5, 5.41) is 4.88. The van der Waals surface area contributed by atoms with Crippen LogP contribution < -0.4 is 0 Å². The predicted octanol–water partition coefficient (Wildman–Crippen LogP) is 6.71. The molecule has 1 heteroatoms. The predicted molar refractivity (Wildman–Crippen MR) is 101 cm³/mol. The molecule has 0 aliphatic carbocycles. The Labute approximate surface area is 140 Å². The highest BCUT2D eigenvalue weighted by molar-refractivity contribution is 6.07. The van der Waals surface area contributed by atoms with Crippen LogP contribution in [0.5, 0.6) is 0 Å². The molecule has 1 nitrogen and oxygen atoms in total. The van der Waals surface area contributed by atoms with Gasteiger partial charge in [0.15, 0.2) is 0 Å². The fourth-order valence-electron chi connectivity index (χ4n) is 3.53. The summed E-state index contributed by atoms with van der Waals surface area (Å²) in [6, 6.07) is 27.9. The lowest BCUT2D eigenvalue weighted by Crippen LogP contribution is -1.81. The van der Waals surface area contributed by atoms with Crippen molar-refractivity contribution in [3.8, 4) is 11.1 Å². The quantitative estimate of drug-likeness (QED) is 0.335. The molecule has 24 heavy (non-hydrogen) atoms. The smallest absolute Gasteiger partial charge is 0.136 e. The number of hydrogen-bond acceptors (Lipinski definition) is 1. The molecule has 0 spiro atoms. The third-order valence-corrected chi connectivity index (χ3v) is 4.73. The zero-order valence-corrected chi connectivity index (χ0v) is 13.4. The van der Waals surface area contributed by atoms with E-state index in [1.165, 1.54) is 38.2 Å². The van der Waals surface area contributed by atoms with Crippen molar-refractivity contribution in [2.75, 3.05) is 0 Å². The molecule has 0 amide bonds. The van der Waals surface area contributed by atoms with Crippen molar-refractivity contribution in [1.82, 2.24) is 0 Å². The summed E-state index contributed by atoms with van der Waals surface area (Å²) in [4.78, 5) is 0. The van der Waals surface area contributed by atoms with E-state index in [0.717, 1.165) is 11.2 Å². The maximum Gasteiger partial charge on any atom is 0.136 e. The Hall–Kier alpha value is -3.06. The number of benzene rings is 4. The van der Waals surface area contributed by atoms with Crippen molar-refractivity contribution in [2.24, 2.45) is 0 Å². The van der Waals surface area contributed by atoms with E-state index in [9.17, 15) is 0 Å². The van der Waals surface area contributed by atoms with E-state index >= 15 is 0 Å². The Morgan fingerprint density at radius 1 is 0.625 bits per heavy atom. The van der Waals surface area contributed by atoms with Gasteiger partial charge in [-0.2, -0.15) is 0 Å². The highest BCUT2D eigenvalue weighted by atomic mass is 16.3. The topological polar surface area (TPSA) is 13.1 Å². The monoisotopic (exact) mass is 308 g/mol. The standard InChI is InChI=1S/C23H16O/c1-15-9-11-20-21-12-10-17(14-23(21)24-22(20)13-15)19-8-4-6-16-5-2-3-7-18(16)19/h2-14H,1H3. The normalized spacial score (nSPS) is 11.5. The molecule has 4 aromatic carbocycles. The van der Waals surface area contributed by atoms with Crippen LogP contribution in [0.25, 0.3) is 43.8 Å². The maximum atomic E-state index is 6.11. The summed E-state index contributed by atoms with van der Waals surface area (Å²) in [5.41, 5.74) is 5.55. The summed E-state index contributed by atoms with van der Waals surface area (Å²) >= 11 is 0. The number of furan rings is 1. The largest absolute Gasteiger partial charge is 0.456 e. The molecule has 1 aromatic heterocycles. The van der Waals surface area contributed by atoms with E-state index in [4.69, 9.17) is 4.42 Å². The molecule has 0 radical (unpaired) electrons. The molecule has 0 fully saturated rings. The molecule has 0 aliphatic rings. The SMILES string of the molecule is Cc1ccc2c(c1)oc1cc(-c3cccc4ccccc34)ccc12. The third-order valence-electron chi connectivity index (χ3n) is 4.73. The van der Waals surface area contributed by atoms with Gasteiger partial charge in [-0.25, -0.2) is 0 Å². The minimum Gasteiger partial charge on any atom is -0.456 e. The van der Waals surface area contributed by atoms with Crippen LogP contribution in [0.1, 0.15) is 5.56 Å². The van der Waals surface area contributed by atoms with Gasteiger partial charge in [-0.1, -0.05) is 60.7 Å².